The molecular formula is C43H70N8. The monoisotopic (exact) mass is 699 g/mol. The van der Waals surface area contributed by atoms with Crippen LogP contribution in [0, 0.1) is 0 Å². The molecule has 0 radical (unpaired) electrons. The maximum Gasteiger partial charge on any atom is 0.158 e. The minimum Gasteiger partial charge on any atom is -0.346 e. The molecule has 0 aliphatic heterocycles. The van der Waals surface area contributed by atoms with Crippen LogP contribution in [0.5, 0.6) is 0 Å². The second-order valence-corrected chi connectivity index (χ2v) is 13.8. The van der Waals surface area contributed by atoms with Crippen molar-refractivity contribution in [2.45, 2.75) is 160 Å². The summed E-state index contributed by atoms with van der Waals surface area (Å²) in [5.74, 6) is 2.92. The molecule has 8 heteroatoms. The normalized spacial score (nSPS) is 10.8. The van der Waals surface area contributed by atoms with Crippen molar-refractivity contribution in [3.8, 4) is 0 Å². The largest absolute Gasteiger partial charge is 0.346 e. The van der Waals surface area contributed by atoms with E-state index in [1.54, 1.807) is 0 Å². The predicted molar refractivity (Wildman–Crippen MR) is 221 cm³/mol. The van der Waals surface area contributed by atoms with E-state index < -0.39 is 0 Å². The van der Waals surface area contributed by atoms with E-state index in [-0.39, 0.29) is 0 Å². The molecule has 0 aliphatic carbocycles. The summed E-state index contributed by atoms with van der Waals surface area (Å²) in [6, 6.07) is 8.39. The lowest BCUT2D eigenvalue weighted by atomic mass is 10.00. The van der Waals surface area contributed by atoms with Crippen molar-refractivity contribution in [3.05, 3.63) is 89.0 Å². The summed E-state index contributed by atoms with van der Waals surface area (Å²) in [5, 5.41) is 10.2. The van der Waals surface area contributed by atoms with Gasteiger partial charge in [-0.25, -0.2) is 24.0 Å². The molecule has 51 heavy (non-hydrogen) atoms. The number of aromatic amines is 1. The quantitative estimate of drug-likeness (QED) is 0.187. The van der Waals surface area contributed by atoms with Gasteiger partial charge in [-0.2, -0.15) is 10.2 Å². The minimum absolute atomic E-state index is 0.454. The van der Waals surface area contributed by atoms with Crippen LogP contribution in [0.2, 0.25) is 0 Å². The third-order valence-electron chi connectivity index (χ3n) is 8.10. The van der Waals surface area contributed by atoms with Crippen LogP contribution in [0.1, 0.15) is 194 Å². The first-order valence-corrected chi connectivity index (χ1v) is 19.4. The van der Waals surface area contributed by atoms with Gasteiger partial charge in [-0.3, -0.25) is 0 Å². The van der Waals surface area contributed by atoms with E-state index in [1.807, 2.05) is 87.5 Å². The first kappa shape index (κ1) is 45.0. The van der Waals surface area contributed by atoms with Crippen LogP contribution >= 0.6 is 0 Å². The molecule has 0 bridgehead atoms. The summed E-state index contributed by atoms with van der Waals surface area (Å²) in [7, 11) is 0. The Morgan fingerprint density at radius 2 is 1.20 bits per heavy atom. The Labute approximate surface area is 309 Å². The summed E-state index contributed by atoms with van der Waals surface area (Å²) in [4.78, 5) is 16.7. The third kappa shape index (κ3) is 12.0. The topological polar surface area (TPSA) is 89.1 Å². The highest BCUT2D eigenvalue weighted by Crippen LogP contribution is 2.27. The second-order valence-electron chi connectivity index (χ2n) is 13.8. The zero-order valence-corrected chi connectivity index (χ0v) is 35.3. The summed E-state index contributed by atoms with van der Waals surface area (Å²) in [6.07, 6.45) is 9.86. The molecule has 0 atom stereocenters. The molecule has 1 N–H and O–H groups in total. The van der Waals surface area contributed by atoms with Gasteiger partial charge in [0.15, 0.2) is 11.3 Å². The van der Waals surface area contributed by atoms with Gasteiger partial charge in [0.2, 0.25) is 0 Å². The van der Waals surface area contributed by atoms with Crippen LogP contribution < -0.4 is 0 Å². The van der Waals surface area contributed by atoms with Gasteiger partial charge >= 0.3 is 0 Å². The van der Waals surface area contributed by atoms with E-state index in [0.29, 0.717) is 35.5 Å². The first-order chi connectivity index (χ1) is 24.3. The van der Waals surface area contributed by atoms with Gasteiger partial charge in [-0.15, -0.1) is 0 Å². The number of hydrogen-bond donors (Lipinski definition) is 1. The molecule has 0 amide bonds. The van der Waals surface area contributed by atoms with Crippen LogP contribution in [-0.4, -0.2) is 39.2 Å². The number of rotatable bonds is 6. The van der Waals surface area contributed by atoms with E-state index in [2.05, 4.69) is 132 Å². The van der Waals surface area contributed by atoms with Crippen LogP contribution in [0.15, 0.2) is 55.2 Å². The molecule has 6 aromatic heterocycles. The molecule has 0 saturated heterocycles. The van der Waals surface area contributed by atoms with Crippen molar-refractivity contribution < 1.29 is 0 Å². The van der Waals surface area contributed by atoms with E-state index in [9.17, 15) is 0 Å². The number of nitrogens with one attached hydrogen (secondary N) is 1. The zero-order valence-electron chi connectivity index (χ0n) is 35.3. The van der Waals surface area contributed by atoms with E-state index in [1.165, 1.54) is 27.8 Å². The van der Waals surface area contributed by atoms with Crippen molar-refractivity contribution in [3.63, 3.8) is 0 Å². The molecule has 8 nitrogen and oxygen atoms in total. The van der Waals surface area contributed by atoms with Gasteiger partial charge in [0, 0.05) is 35.2 Å². The average Bonchev–Trinajstić information content (AvgIpc) is 3.87. The van der Waals surface area contributed by atoms with Crippen molar-refractivity contribution in [1.29, 1.82) is 0 Å². The maximum atomic E-state index is 4.66. The van der Waals surface area contributed by atoms with E-state index >= 15 is 0 Å². The van der Waals surface area contributed by atoms with Crippen LogP contribution in [0.4, 0.5) is 0 Å². The van der Waals surface area contributed by atoms with E-state index in [4.69, 9.17) is 0 Å². The molecule has 0 aromatic carbocycles. The fourth-order valence-corrected chi connectivity index (χ4v) is 5.07. The Morgan fingerprint density at radius 1 is 0.588 bits per heavy atom. The number of imidazole rings is 1. The molecule has 0 saturated carbocycles. The molecule has 0 aliphatic rings. The van der Waals surface area contributed by atoms with Gasteiger partial charge in [0.25, 0.3) is 0 Å². The van der Waals surface area contributed by atoms with Crippen LogP contribution in [-0.2, 0) is 0 Å². The summed E-state index contributed by atoms with van der Waals surface area (Å²) in [5.41, 5.74) is 10.2. The van der Waals surface area contributed by atoms with Gasteiger partial charge in [-0.1, -0.05) is 125 Å². The third-order valence-corrected chi connectivity index (χ3v) is 8.10. The van der Waals surface area contributed by atoms with Crippen molar-refractivity contribution >= 4 is 22.3 Å². The van der Waals surface area contributed by atoms with Gasteiger partial charge < -0.3 is 4.98 Å². The molecule has 0 unspecified atom stereocenters. The predicted octanol–water partition coefficient (Wildman–Crippen LogP) is 12.8. The fraction of sp³-hybridized carbons (Fsp3) is 0.558. The molecule has 0 fully saturated rings. The van der Waals surface area contributed by atoms with Crippen molar-refractivity contribution in [2.75, 3.05) is 0 Å². The number of aromatic nitrogens is 8. The van der Waals surface area contributed by atoms with Gasteiger partial charge in [0.1, 0.15) is 5.65 Å². The number of nitrogens with zero attached hydrogens (tertiary/aromatic N) is 7. The average molecular weight is 699 g/mol. The van der Waals surface area contributed by atoms with Crippen molar-refractivity contribution in [2.24, 2.45) is 0 Å². The lowest BCUT2D eigenvalue weighted by Crippen LogP contribution is -2.03. The van der Waals surface area contributed by atoms with Crippen molar-refractivity contribution in [1.82, 2.24) is 39.2 Å². The zero-order chi connectivity index (χ0) is 39.0. The number of pyridine rings is 1. The molecule has 0 spiro atoms. The Morgan fingerprint density at radius 3 is 1.73 bits per heavy atom. The van der Waals surface area contributed by atoms with Crippen LogP contribution in [0.25, 0.3) is 22.3 Å². The molecule has 6 aromatic rings. The molecule has 6 heterocycles. The number of hydrogen-bond acceptors (Lipinski definition) is 5. The van der Waals surface area contributed by atoms with Crippen LogP contribution in [0.3, 0.4) is 0 Å². The van der Waals surface area contributed by atoms with Gasteiger partial charge in [-0.05, 0) is 70.9 Å². The summed E-state index contributed by atoms with van der Waals surface area (Å²) < 4.78 is 3.81. The standard InChI is InChI=1S/C13H18N2.2C12H17N3.3C2H6/c1-8(2)10-5-11-12(9(3)4)7-15-13(11)14-6-10;1-8(2)10-7-13-15-6-5-11(9(3)4)14-12(10)15;1-8(2)10-5-6-12-13-7-11(9(3)4)15(12)14-10;3*1-2/h5-9H,1-4H3,(H,14,15);2*5-9H,1-4H3;3*1-2H3. The summed E-state index contributed by atoms with van der Waals surface area (Å²) in [6.45, 7) is 38.1. The second kappa shape index (κ2) is 22.0. The lowest BCUT2D eigenvalue weighted by Gasteiger charge is -2.07. The Kier molecular flexibility index (Phi) is 19.4. The number of fused-ring (bicyclic) bond motifs is 3. The smallest absolute Gasteiger partial charge is 0.158 e. The summed E-state index contributed by atoms with van der Waals surface area (Å²) >= 11 is 0. The Bertz CT molecular complexity index is 1620. The maximum absolute atomic E-state index is 4.66. The first-order valence-electron chi connectivity index (χ1n) is 19.4. The fourth-order valence-electron chi connectivity index (χ4n) is 5.07. The van der Waals surface area contributed by atoms with Gasteiger partial charge in [0.05, 0.1) is 23.8 Å². The highest BCUT2D eigenvalue weighted by Gasteiger charge is 2.12. The number of H-pyrrole nitrogens is 1. The highest BCUT2D eigenvalue weighted by molar-refractivity contribution is 5.80. The molecule has 6 rings (SSSR count). The minimum atomic E-state index is 0.454. The Balaban J connectivity index is 0.000000356. The highest BCUT2D eigenvalue weighted by atomic mass is 15.3. The SMILES string of the molecule is CC.CC.CC.CC(C)c1ccc2ncc(C(C)C)n2n1.CC(C)c1ccn2ncc(C(C)C)c2n1.CC(C)c1cnc2[nH]cc(C(C)C)c2c1. The van der Waals surface area contributed by atoms with E-state index in [0.717, 1.165) is 28.3 Å². The molecule has 282 valence electrons. The molecular weight excluding hydrogens is 629 g/mol. The Hall–Kier alpha value is -4.07. The lowest BCUT2D eigenvalue weighted by molar-refractivity contribution is 0.713.